The standard InChI is InChI=1S/C20H22N2O4S2/c1-14-9-8-12-19(16(14)3)21-27(23,24)20-13-15(2)22(17(20)4)28(25,26)18-10-6-5-7-11-18/h5-13,21H,1-4H3. The molecule has 0 amide bonds. The quantitative estimate of drug-likeness (QED) is 0.684. The normalized spacial score (nSPS) is 12.1. The number of anilines is 1. The highest BCUT2D eigenvalue weighted by atomic mass is 32.2. The van der Waals surface area contributed by atoms with Crippen molar-refractivity contribution in [3.63, 3.8) is 0 Å². The van der Waals surface area contributed by atoms with E-state index in [1.807, 2.05) is 19.9 Å². The van der Waals surface area contributed by atoms with Crippen LogP contribution in [0.15, 0.2) is 64.4 Å². The first-order valence-electron chi connectivity index (χ1n) is 8.64. The van der Waals surface area contributed by atoms with Gasteiger partial charge in [-0.05, 0) is 63.1 Å². The average molecular weight is 419 g/mol. The van der Waals surface area contributed by atoms with Crippen LogP contribution in [0, 0.1) is 27.7 Å². The van der Waals surface area contributed by atoms with E-state index in [0.29, 0.717) is 11.4 Å². The van der Waals surface area contributed by atoms with Gasteiger partial charge in [0.05, 0.1) is 16.3 Å². The molecule has 148 valence electrons. The van der Waals surface area contributed by atoms with E-state index in [-0.39, 0.29) is 15.5 Å². The molecule has 0 saturated carbocycles. The Morgan fingerprint density at radius 3 is 2.11 bits per heavy atom. The lowest BCUT2D eigenvalue weighted by atomic mass is 10.1. The third kappa shape index (κ3) is 3.45. The minimum absolute atomic E-state index is 0.0644. The van der Waals surface area contributed by atoms with Crippen LogP contribution >= 0.6 is 0 Å². The van der Waals surface area contributed by atoms with Crippen LogP contribution in [-0.2, 0) is 20.0 Å². The van der Waals surface area contributed by atoms with Crippen molar-refractivity contribution in [2.24, 2.45) is 0 Å². The molecule has 0 bridgehead atoms. The van der Waals surface area contributed by atoms with Crippen LogP contribution in [0.25, 0.3) is 0 Å². The van der Waals surface area contributed by atoms with Crippen molar-refractivity contribution in [3.8, 4) is 0 Å². The number of nitrogens with one attached hydrogen (secondary N) is 1. The smallest absolute Gasteiger partial charge is 0.268 e. The Hall–Kier alpha value is -2.58. The number of aryl methyl sites for hydroxylation is 2. The van der Waals surface area contributed by atoms with Crippen molar-refractivity contribution in [1.29, 1.82) is 0 Å². The van der Waals surface area contributed by atoms with Gasteiger partial charge in [0.25, 0.3) is 20.0 Å². The zero-order valence-electron chi connectivity index (χ0n) is 16.1. The fourth-order valence-electron chi connectivity index (χ4n) is 3.12. The summed E-state index contributed by atoms with van der Waals surface area (Å²) in [5.74, 6) is 0. The first-order chi connectivity index (χ1) is 13.1. The molecule has 0 aliphatic heterocycles. The second-order valence-corrected chi connectivity index (χ2v) is 10.1. The van der Waals surface area contributed by atoms with Crippen LogP contribution in [-0.4, -0.2) is 20.8 Å². The highest BCUT2D eigenvalue weighted by Crippen LogP contribution is 2.28. The molecule has 0 unspecified atom stereocenters. The van der Waals surface area contributed by atoms with Gasteiger partial charge in [-0.25, -0.2) is 20.8 Å². The molecular weight excluding hydrogens is 396 g/mol. The summed E-state index contributed by atoms with van der Waals surface area (Å²) in [4.78, 5) is 0.0358. The lowest BCUT2D eigenvalue weighted by molar-refractivity contribution is 0.584. The molecule has 1 N–H and O–H groups in total. The SMILES string of the molecule is Cc1cccc(NS(=O)(=O)c2cc(C)n(S(=O)(=O)c3ccccc3)c2C)c1C. The highest BCUT2D eigenvalue weighted by Gasteiger charge is 2.28. The zero-order valence-corrected chi connectivity index (χ0v) is 17.7. The Kier molecular flexibility index (Phi) is 5.12. The Balaban J connectivity index is 2.10. The molecule has 0 aliphatic carbocycles. The van der Waals surface area contributed by atoms with Gasteiger partial charge >= 0.3 is 0 Å². The summed E-state index contributed by atoms with van der Waals surface area (Å²) in [5.41, 5.74) is 2.70. The molecule has 0 atom stereocenters. The Morgan fingerprint density at radius 2 is 1.46 bits per heavy atom. The summed E-state index contributed by atoms with van der Waals surface area (Å²) in [6, 6.07) is 14.7. The fraction of sp³-hybridized carbons (Fsp3) is 0.200. The minimum atomic E-state index is -3.96. The van der Waals surface area contributed by atoms with Crippen LogP contribution < -0.4 is 4.72 Å². The third-order valence-electron chi connectivity index (χ3n) is 4.74. The zero-order chi connectivity index (χ0) is 20.7. The van der Waals surface area contributed by atoms with Gasteiger partial charge in [-0.2, -0.15) is 0 Å². The second kappa shape index (κ2) is 7.10. The number of hydrogen-bond acceptors (Lipinski definition) is 4. The van der Waals surface area contributed by atoms with E-state index in [1.54, 1.807) is 37.3 Å². The molecule has 0 radical (unpaired) electrons. The molecule has 1 heterocycles. The summed E-state index contributed by atoms with van der Waals surface area (Å²) in [6.07, 6.45) is 0. The summed E-state index contributed by atoms with van der Waals surface area (Å²) in [7, 11) is -7.87. The second-order valence-electron chi connectivity index (χ2n) is 6.67. The van der Waals surface area contributed by atoms with Gasteiger partial charge in [0, 0.05) is 5.69 Å². The van der Waals surface area contributed by atoms with E-state index >= 15 is 0 Å². The van der Waals surface area contributed by atoms with Gasteiger partial charge < -0.3 is 0 Å². The van der Waals surface area contributed by atoms with Crippen molar-refractivity contribution in [3.05, 3.63) is 77.1 Å². The van der Waals surface area contributed by atoms with Crippen LogP contribution in [0.2, 0.25) is 0 Å². The Labute approximate surface area is 165 Å². The molecule has 0 saturated heterocycles. The van der Waals surface area contributed by atoms with Gasteiger partial charge in [-0.1, -0.05) is 30.3 Å². The lowest BCUT2D eigenvalue weighted by Gasteiger charge is -2.13. The molecular formula is C20H22N2O4S2. The molecule has 0 fully saturated rings. The van der Waals surface area contributed by atoms with Crippen LogP contribution in [0.1, 0.15) is 22.5 Å². The maximum atomic E-state index is 13.0. The average Bonchev–Trinajstić information content (AvgIpc) is 2.95. The van der Waals surface area contributed by atoms with E-state index in [2.05, 4.69) is 4.72 Å². The molecule has 0 spiro atoms. The highest BCUT2D eigenvalue weighted by molar-refractivity contribution is 7.93. The summed E-state index contributed by atoms with van der Waals surface area (Å²) in [5, 5.41) is 0. The fourth-order valence-corrected chi connectivity index (χ4v) is 6.21. The minimum Gasteiger partial charge on any atom is -0.279 e. The summed E-state index contributed by atoms with van der Waals surface area (Å²) in [6.45, 7) is 6.79. The monoisotopic (exact) mass is 418 g/mol. The Bertz CT molecular complexity index is 1240. The molecule has 8 heteroatoms. The molecule has 3 rings (SSSR count). The van der Waals surface area contributed by atoms with Gasteiger partial charge in [0.2, 0.25) is 0 Å². The lowest BCUT2D eigenvalue weighted by Crippen LogP contribution is -2.18. The molecule has 1 aromatic heterocycles. The topological polar surface area (TPSA) is 85.2 Å². The van der Waals surface area contributed by atoms with E-state index in [9.17, 15) is 16.8 Å². The van der Waals surface area contributed by atoms with Gasteiger partial charge in [0.1, 0.15) is 4.90 Å². The van der Waals surface area contributed by atoms with Crippen LogP contribution in [0.5, 0.6) is 0 Å². The van der Waals surface area contributed by atoms with E-state index in [0.717, 1.165) is 15.1 Å². The maximum absolute atomic E-state index is 13.0. The number of rotatable bonds is 5. The van der Waals surface area contributed by atoms with E-state index < -0.39 is 20.0 Å². The van der Waals surface area contributed by atoms with Crippen molar-refractivity contribution >= 4 is 25.7 Å². The first kappa shape index (κ1) is 20.2. The van der Waals surface area contributed by atoms with Gasteiger partial charge in [-0.15, -0.1) is 0 Å². The molecule has 0 aliphatic rings. The molecule has 28 heavy (non-hydrogen) atoms. The van der Waals surface area contributed by atoms with E-state index in [4.69, 9.17) is 0 Å². The van der Waals surface area contributed by atoms with Crippen LogP contribution in [0.3, 0.4) is 0 Å². The van der Waals surface area contributed by atoms with Crippen molar-refractivity contribution in [2.45, 2.75) is 37.5 Å². The Morgan fingerprint density at radius 1 is 0.821 bits per heavy atom. The summed E-state index contributed by atoms with van der Waals surface area (Å²) < 4.78 is 55.7. The predicted molar refractivity (Wildman–Crippen MR) is 110 cm³/mol. The third-order valence-corrected chi connectivity index (χ3v) is 8.13. The molecule has 6 nitrogen and oxygen atoms in total. The first-order valence-corrected chi connectivity index (χ1v) is 11.6. The number of hydrogen-bond donors (Lipinski definition) is 1. The predicted octanol–water partition coefficient (Wildman–Crippen LogP) is 3.76. The molecule has 2 aromatic carbocycles. The van der Waals surface area contributed by atoms with Crippen molar-refractivity contribution in [2.75, 3.05) is 4.72 Å². The van der Waals surface area contributed by atoms with Crippen molar-refractivity contribution in [1.82, 2.24) is 3.97 Å². The maximum Gasteiger partial charge on any atom is 0.268 e. The summed E-state index contributed by atoms with van der Waals surface area (Å²) >= 11 is 0. The number of sulfonamides is 1. The molecule has 3 aromatic rings. The largest absolute Gasteiger partial charge is 0.279 e. The van der Waals surface area contributed by atoms with Gasteiger partial charge in [0.15, 0.2) is 0 Å². The van der Waals surface area contributed by atoms with Gasteiger partial charge in [-0.3, -0.25) is 4.72 Å². The van der Waals surface area contributed by atoms with Crippen LogP contribution in [0.4, 0.5) is 5.69 Å². The number of benzene rings is 2. The van der Waals surface area contributed by atoms with Crippen molar-refractivity contribution < 1.29 is 16.8 Å². The van der Waals surface area contributed by atoms with E-state index in [1.165, 1.54) is 25.1 Å². The number of nitrogens with zero attached hydrogens (tertiary/aromatic N) is 1. The number of aromatic nitrogens is 1.